The Balaban J connectivity index is 2.36. The third kappa shape index (κ3) is 3.22. The van der Waals surface area contributed by atoms with Crippen molar-refractivity contribution in [2.75, 3.05) is 18.6 Å². The van der Waals surface area contributed by atoms with E-state index in [1.54, 1.807) is 24.3 Å². The number of ether oxygens (including phenoxy) is 1. The second-order valence-electron chi connectivity index (χ2n) is 4.66. The van der Waals surface area contributed by atoms with Crippen molar-refractivity contribution in [1.82, 2.24) is 15.2 Å². The van der Waals surface area contributed by atoms with E-state index in [2.05, 4.69) is 15.2 Å². The number of H-pyrrole nitrogens is 1. The molecular formula is C14H16N4O4. The lowest BCUT2D eigenvalue weighted by molar-refractivity contribution is -0.140. The van der Waals surface area contributed by atoms with Gasteiger partial charge in [-0.2, -0.15) is 10.1 Å². The predicted molar refractivity (Wildman–Crippen MR) is 77.9 cm³/mol. The fraction of sp³-hybridized carbons (Fsp3) is 0.286. The number of methoxy groups -OCH3 is 1. The minimum Gasteiger partial charge on any atom is -0.496 e. The third-order valence-electron chi connectivity index (χ3n) is 3.12. The first-order valence-electron chi connectivity index (χ1n) is 6.57. The maximum Gasteiger partial charge on any atom is 0.308 e. The van der Waals surface area contributed by atoms with Crippen molar-refractivity contribution in [2.45, 2.75) is 6.92 Å². The summed E-state index contributed by atoms with van der Waals surface area (Å²) in [6, 6.07) is 6.71. The molecule has 0 fully saturated rings. The summed E-state index contributed by atoms with van der Waals surface area (Å²) in [5, 5.41) is 15.4. The molecular weight excluding hydrogens is 288 g/mol. The highest BCUT2D eigenvalue weighted by atomic mass is 16.5. The van der Waals surface area contributed by atoms with Crippen molar-refractivity contribution in [3.05, 3.63) is 36.2 Å². The lowest BCUT2D eigenvalue weighted by Crippen LogP contribution is -2.38. The number of hydrogen-bond acceptors (Lipinski definition) is 5. The second kappa shape index (κ2) is 6.70. The third-order valence-corrected chi connectivity index (χ3v) is 3.12. The first kappa shape index (κ1) is 15.5. The van der Waals surface area contributed by atoms with Crippen LogP contribution in [0.25, 0.3) is 0 Å². The van der Waals surface area contributed by atoms with E-state index in [9.17, 15) is 9.59 Å². The van der Waals surface area contributed by atoms with Gasteiger partial charge in [-0.15, -0.1) is 0 Å². The molecule has 2 aromatic rings. The highest BCUT2D eigenvalue weighted by Gasteiger charge is 2.26. The number of carboxylic acid groups (broad SMARTS) is 1. The van der Waals surface area contributed by atoms with E-state index in [0.29, 0.717) is 11.3 Å². The van der Waals surface area contributed by atoms with Crippen LogP contribution in [0.2, 0.25) is 0 Å². The van der Waals surface area contributed by atoms with Crippen molar-refractivity contribution in [1.29, 1.82) is 0 Å². The molecule has 8 nitrogen and oxygen atoms in total. The van der Waals surface area contributed by atoms with Crippen LogP contribution in [0.4, 0.5) is 5.95 Å². The monoisotopic (exact) mass is 304 g/mol. The minimum atomic E-state index is -1.00. The number of para-hydroxylation sites is 1. The number of nitrogens with one attached hydrogen (secondary N) is 1. The highest BCUT2D eigenvalue weighted by molar-refractivity contribution is 6.07. The summed E-state index contributed by atoms with van der Waals surface area (Å²) in [7, 11) is 1.46. The number of aromatic nitrogens is 3. The number of amides is 1. The SMILES string of the molecule is COc1ccccc1C(=O)N(CC(C)C(=O)O)c1ncn[nH]1. The van der Waals surface area contributed by atoms with Crippen LogP contribution >= 0.6 is 0 Å². The first-order valence-corrected chi connectivity index (χ1v) is 6.57. The Bertz CT molecular complexity index is 657. The Morgan fingerprint density at radius 1 is 1.41 bits per heavy atom. The zero-order valence-corrected chi connectivity index (χ0v) is 12.2. The number of aliphatic carboxylic acids is 1. The van der Waals surface area contributed by atoms with Gasteiger partial charge in [-0.3, -0.25) is 14.5 Å². The lowest BCUT2D eigenvalue weighted by Gasteiger charge is -2.22. The number of benzene rings is 1. The molecule has 0 aliphatic heterocycles. The number of carboxylic acids is 1. The molecule has 8 heteroatoms. The number of carbonyl (C=O) groups excluding carboxylic acids is 1. The molecule has 1 aromatic heterocycles. The van der Waals surface area contributed by atoms with Gasteiger partial charge < -0.3 is 9.84 Å². The lowest BCUT2D eigenvalue weighted by atomic mass is 10.1. The zero-order chi connectivity index (χ0) is 16.1. The van der Waals surface area contributed by atoms with Crippen molar-refractivity contribution in [2.24, 2.45) is 5.92 Å². The van der Waals surface area contributed by atoms with Gasteiger partial charge in [0.15, 0.2) is 0 Å². The molecule has 1 heterocycles. The molecule has 1 unspecified atom stereocenters. The van der Waals surface area contributed by atoms with Gasteiger partial charge in [-0.1, -0.05) is 19.1 Å². The number of nitrogens with zero attached hydrogens (tertiary/aromatic N) is 3. The van der Waals surface area contributed by atoms with Gasteiger partial charge in [0.1, 0.15) is 12.1 Å². The molecule has 0 aliphatic carbocycles. The van der Waals surface area contributed by atoms with E-state index in [1.165, 1.54) is 25.3 Å². The van der Waals surface area contributed by atoms with Crippen LogP contribution in [0.5, 0.6) is 5.75 Å². The quantitative estimate of drug-likeness (QED) is 0.829. The maximum atomic E-state index is 12.7. The van der Waals surface area contributed by atoms with Crippen LogP contribution in [0.3, 0.4) is 0 Å². The molecule has 0 spiro atoms. The summed E-state index contributed by atoms with van der Waals surface area (Å²) in [6.45, 7) is 1.47. The maximum absolute atomic E-state index is 12.7. The molecule has 1 aromatic carbocycles. The van der Waals surface area contributed by atoms with Crippen molar-refractivity contribution < 1.29 is 19.4 Å². The van der Waals surface area contributed by atoms with Crippen LogP contribution in [-0.4, -0.2) is 45.8 Å². The fourth-order valence-corrected chi connectivity index (χ4v) is 1.91. The van der Waals surface area contributed by atoms with Crippen LogP contribution in [0.15, 0.2) is 30.6 Å². The van der Waals surface area contributed by atoms with E-state index >= 15 is 0 Å². The summed E-state index contributed by atoms with van der Waals surface area (Å²) < 4.78 is 5.18. The summed E-state index contributed by atoms with van der Waals surface area (Å²) in [6.07, 6.45) is 1.25. The molecule has 0 radical (unpaired) electrons. The Morgan fingerprint density at radius 2 is 2.14 bits per heavy atom. The normalized spacial score (nSPS) is 11.7. The van der Waals surface area contributed by atoms with E-state index in [-0.39, 0.29) is 12.5 Å². The molecule has 116 valence electrons. The van der Waals surface area contributed by atoms with Gasteiger partial charge in [0.05, 0.1) is 18.6 Å². The fourth-order valence-electron chi connectivity index (χ4n) is 1.91. The number of carbonyl (C=O) groups is 2. The van der Waals surface area contributed by atoms with Gasteiger partial charge in [0.2, 0.25) is 5.95 Å². The molecule has 1 atom stereocenters. The van der Waals surface area contributed by atoms with Crippen LogP contribution < -0.4 is 9.64 Å². The summed E-state index contributed by atoms with van der Waals surface area (Å²) >= 11 is 0. The molecule has 0 saturated heterocycles. The second-order valence-corrected chi connectivity index (χ2v) is 4.66. The van der Waals surface area contributed by atoms with Gasteiger partial charge in [0, 0.05) is 6.54 Å². The Kier molecular flexibility index (Phi) is 4.72. The van der Waals surface area contributed by atoms with Crippen LogP contribution in [-0.2, 0) is 4.79 Å². The molecule has 2 N–H and O–H groups in total. The summed E-state index contributed by atoms with van der Waals surface area (Å²) in [4.78, 5) is 29.0. The van der Waals surface area contributed by atoms with Gasteiger partial charge in [-0.05, 0) is 12.1 Å². The van der Waals surface area contributed by atoms with E-state index < -0.39 is 17.8 Å². The number of hydrogen-bond donors (Lipinski definition) is 2. The van der Waals surface area contributed by atoms with Gasteiger partial charge in [-0.25, -0.2) is 5.10 Å². The van der Waals surface area contributed by atoms with Crippen molar-refractivity contribution in [3.8, 4) is 5.75 Å². The standard InChI is InChI=1S/C14H16N4O4/c1-9(13(20)21)7-18(14-15-8-16-17-14)12(19)10-5-3-4-6-11(10)22-2/h3-6,8-9H,7H2,1-2H3,(H,20,21)(H,15,16,17). The smallest absolute Gasteiger partial charge is 0.308 e. The first-order chi connectivity index (χ1) is 10.5. The Labute approximate surface area is 126 Å². The molecule has 0 saturated carbocycles. The van der Waals surface area contributed by atoms with Gasteiger partial charge in [0.25, 0.3) is 5.91 Å². The molecule has 0 aliphatic rings. The molecule has 1 amide bonds. The van der Waals surface area contributed by atoms with Crippen molar-refractivity contribution >= 4 is 17.8 Å². The van der Waals surface area contributed by atoms with Crippen molar-refractivity contribution in [3.63, 3.8) is 0 Å². The highest BCUT2D eigenvalue weighted by Crippen LogP contribution is 2.22. The van der Waals surface area contributed by atoms with Gasteiger partial charge >= 0.3 is 5.97 Å². The molecule has 22 heavy (non-hydrogen) atoms. The molecule has 0 bridgehead atoms. The number of rotatable bonds is 6. The summed E-state index contributed by atoms with van der Waals surface area (Å²) in [5.74, 6) is -1.59. The average molecular weight is 304 g/mol. The van der Waals surface area contributed by atoms with Crippen LogP contribution in [0.1, 0.15) is 17.3 Å². The number of anilines is 1. The Morgan fingerprint density at radius 3 is 2.73 bits per heavy atom. The summed E-state index contributed by atoms with van der Waals surface area (Å²) in [5.41, 5.74) is 0.319. The van der Waals surface area contributed by atoms with E-state index in [1.807, 2.05) is 0 Å². The number of aromatic amines is 1. The predicted octanol–water partition coefficient (Wildman–Crippen LogP) is 1.18. The topological polar surface area (TPSA) is 108 Å². The van der Waals surface area contributed by atoms with Crippen LogP contribution in [0, 0.1) is 5.92 Å². The van der Waals surface area contributed by atoms with E-state index in [0.717, 1.165) is 0 Å². The zero-order valence-electron chi connectivity index (χ0n) is 12.2. The molecule has 2 rings (SSSR count). The Hall–Kier alpha value is -2.90. The minimum absolute atomic E-state index is 0.0403. The average Bonchev–Trinajstić information content (AvgIpc) is 3.05. The van der Waals surface area contributed by atoms with E-state index in [4.69, 9.17) is 9.84 Å². The largest absolute Gasteiger partial charge is 0.496 e.